The maximum Gasteiger partial charge on any atom is 0.253 e. The Morgan fingerprint density at radius 2 is 2.00 bits per heavy atom. The first-order valence-electron chi connectivity index (χ1n) is 7.01. The van der Waals surface area contributed by atoms with Gasteiger partial charge in [-0.2, -0.15) is 0 Å². The number of nitrogens with two attached hydrogens (primary N) is 1. The van der Waals surface area contributed by atoms with Crippen LogP contribution in [0.2, 0.25) is 0 Å². The van der Waals surface area contributed by atoms with Gasteiger partial charge in [0, 0.05) is 37.8 Å². The highest BCUT2D eigenvalue weighted by atomic mass is 16.5. The fourth-order valence-electron chi connectivity index (χ4n) is 2.48. The Hall–Kier alpha value is -2.24. The lowest BCUT2D eigenvalue weighted by molar-refractivity contribution is -0.129. The smallest absolute Gasteiger partial charge is 0.253 e. The van der Waals surface area contributed by atoms with Crippen LogP contribution in [0.5, 0.6) is 5.75 Å². The zero-order valence-electron chi connectivity index (χ0n) is 12.4. The molecule has 1 aliphatic heterocycles. The minimum atomic E-state index is -0.184. The van der Waals surface area contributed by atoms with Gasteiger partial charge >= 0.3 is 0 Å². The molecule has 6 nitrogen and oxygen atoms in total. The fourth-order valence-corrected chi connectivity index (χ4v) is 2.48. The molecule has 2 amide bonds. The first kappa shape index (κ1) is 15.2. The van der Waals surface area contributed by atoms with E-state index in [1.165, 1.54) is 0 Å². The molecule has 0 radical (unpaired) electrons. The number of ether oxygens (including phenoxy) is 1. The topological polar surface area (TPSA) is 84.7 Å². The van der Waals surface area contributed by atoms with E-state index in [9.17, 15) is 9.59 Å². The van der Waals surface area contributed by atoms with Crippen LogP contribution in [0.15, 0.2) is 18.2 Å². The van der Waals surface area contributed by atoms with Gasteiger partial charge in [0.15, 0.2) is 0 Å². The molecule has 1 fully saturated rings. The van der Waals surface area contributed by atoms with Crippen LogP contribution in [0, 0.1) is 0 Å². The summed E-state index contributed by atoms with van der Waals surface area (Å²) in [6.07, 6.45) is 1.53. The number of hydrogen-bond donors (Lipinski definition) is 2. The summed E-state index contributed by atoms with van der Waals surface area (Å²) in [5.74, 6) is 0.523. The number of benzene rings is 1. The number of amides is 2. The highest BCUT2D eigenvalue weighted by Gasteiger charge is 2.23. The molecule has 6 heteroatoms. The second-order valence-electron chi connectivity index (χ2n) is 5.21. The number of likely N-dealkylation sites (tertiary alicyclic amines) is 1. The SMILES string of the molecule is COc1ccc(C(=O)NC2CCN(C(C)=O)CC2)c(N)c1. The van der Waals surface area contributed by atoms with Crippen LogP contribution in [0.25, 0.3) is 0 Å². The third-order valence-electron chi connectivity index (χ3n) is 3.78. The summed E-state index contributed by atoms with van der Waals surface area (Å²) in [5.41, 5.74) is 6.72. The van der Waals surface area contributed by atoms with Crippen LogP contribution >= 0.6 is 0 Å². The maximum atomic E-state index is 12.2. The average Bonchev–Trinajstić information content (AvgIpc) is 2.47. The van der Waals surface area contributed by atoms with Crippen LogP contribution in [0.3, 0.4) is 0 Å². The Labute approximate surface area is 124 Å². The van der Waals surface area contributed by atoms with Crippen molar-refractivity contribution in [3.63, 3.8) is 0 Å². The summed E-state index contributed by atoms with van der Waals surface area (Å²) in [6.45, 7) is 2.92. The lowest BCUT2D eigenvalue weighted by Gasteiger charge is -2.31. The van der Waals surface area contributed by atoms with Crippen molar-refractivity contribution in [2.75, 3.05) is 25.9 Å². The van der Waals surface area contributed by atoms with Crippen molar-refractivity contribution in [3.8, 4) is 5.75 Å². The van der Waals surface area contributed by atoms with Gasteiger partial charge in [0.05, 0.1) is 12.7 Å². The van der Waals surface area contributed by atoms with Gasteiger partial charge in [0.1, 0.15) is 5.75 Å². The first-order chi connectivity index (χ1) is 10.0. The van der Waals surface area contributed by atoms with Gasteiger partial charge in [0.25, 0.3) is 5.91 Å². The zero-order valence-corrected chi connectivity index (χ0v) is 12.4. The molecule has 1 aromatic rings. The van der Waals surface area contributed by atoms with Crippen molar-refractivity contribution in [3.05, 3.63) is 23.8 Å². The van der Waals surface area contributed by atoms with Crippen molar-refractivity contribution >= 4 is 17.5 Å². The van der Waals surface area contributed by atoms with Gasteiger partial charge in [0.2, 0.25) is 5.91 Å². The molecule has 0 spiro atoms. The molecule has 2 rings (SSSR count). The van der Waals surface area contributed by atoms with Gasteiger partial charge < -0.3 is 20.7 Å². The van der Waals surface area contributed by atoms with Gasteiger partial charge in [-0.3, -0.25) is 9.59 Å². The minimum absolute atomic E-state index is 0.0783. The summed E-state index contributed by atoms with van der Waals surface area (Å²) < 4.78 is 5.06. The Balaban J connectivity index is 1.95. The Morgan fingerprint density at radius 3 is 2.52 bits per heavy atom. The third kappa shape index (κ3) is 3.65. The third-order valence-corrected chi connectivity index (χ3v) is 3.78. The van der Waals surface area contributed by atoms with E-state index in [0.717, 1.165) is 12.8 Å². The van der Waals surface area contributed by atoms with E-state index in [0.29, 0.717) is 30.1 Å². The van der Waals surface area contributed by atoms with Gasteiger partial charge in [-0.05, 0) is 25.0 Å². The number of nitrogens with one attached hydrogen (secondary N) is 1. The number of carbonyl (C=O) groups excluding carboxylic acids is 2. The molecule has 1 saturated heterocycles. The van der Waals surface area contributed by atoms with Crippen LogP contribution in [0.4, 0.5) is 5.69 Å². The van der Waals surface area contributed by atoms with Crippen LogP contribution in [-0.2, 0) is 4.79 Å². The molecule has 3 N–H and O–H groups in total. The van der Waals surface area contributed by atoms with E-state index in [1.54, 1.807) is 37.1 Å². The largest absolute Gasteiger partial charge is 0.497 e. The van der Waals surface area contributed by atoms with Crippen molar-refractivity contribution < 1.29 is 14.3 Å². The highest BCUT2D eigenvalue weighted by molar-refractivity contribution is 5.99. The number of nitrogens with zero attached hydrogens (tertiary/aromatic N) is 1. The highest BCUT2D eigenvalue weighted by Crippen LogP contribution is 2.20. The molecule has 0 aromatic heterocycles. The molecular formula is C15H21N3O3. The van der Waals surface area contributed by atoms with E-state index in [2.05, 4.69) is 5.32 Å². The molecule has 1 aromatic carbocycles. The second kappa shape index (κ2) is 6.47. The van der Waals surface area contributed by atoms with E-state index >= 15 is 0 Å². The molecule has 114 valence electrons. The summed E-state index contributed by atoms with van der Waals surface area (Å²) in [5, 5.41) is 2.98. The Bertz CT molecular complexity index is 537. The number of rotatable bonds is 3. The standard InChI is InChI=1S/C15H21N3O3/c1-10(19)18-7-5-11(6-8-18)17-15(20)13-4-3-12(21-2)9-14(13)16/h3-4,9,11H,5-8,16H2,1-2H3,(H,17,20). The normalized spacial score (nSPS) is 15.6. The molecule has 1 aliphatic rings. The van der Waals surface area contributed by atoms with E-state index in [4.69, 9.17) is 10.5 Å². The number of piperidine rings is 1. The first-order valence-corrected chi connectivity index (χ1v) is 7.01. The minimum Gasteiger partial charge on any atom is -0.497 e. The summed E-state index contributed by atoms with van der Waals surface area (Å²) >= 11 is 0. The number of nitrogen functional groups attached to an aromatic ring is 1. The van der Waals surface area contributed by atoms with Crippen LogP contribution < -0.4 is 15.8 Å². The summed E-state index contributed by atoms with van der Waals surface area (Å²) in [6, 6.07) is 5.08. The number of anilines is 1. The quantitative estimate of drug-likeness (QED) is 0.814. The second-order valence-corrected chi connectivity index (χ2v) is 5.21. The summed E-state index contributed by atoms with van der Waals surface area (Å²) in [7, 11) is 1.55. The molecule has 0 saturated carbocycles. The van der Waals surface area contributed by atoms with Crippen molar-refractivity contribution in [2.45, 2.75) is 25.8 Å². The molecule has 0 bridgehead atoms. The monoisotopic (exact) mass is 291 g/mol. The summed E-state index contributed by atoms with van der Waals surface area (Å²) in [4.78, 5) is 25.3. The van der Waals surface area contributed by atoms with Crippen LogP contribution in [-0.4, -0.2) is 43.0 Å². The van der Waals surface area contributed by atoms with Gasteiger partial charge in [-0.15, -0.1) is 0 Å². The number of carbonyl (C=O) groups is 2. The van der Waals surface area contributed by atoms with Crippen molar-refractivity contribution in [1.29, 1.82) is 0 Å². The molecular weight excluding hydrogens is 270 g/mol. The predicted molar refractivity (Wildman–Crippen MR) is 80.1 cm³/mol. The van der Waals surface area contributed by atoms with Crippen molar-refractivity contribution in [2.24, 2.45) is 0 Å². The number of hydrogen-bond acceptors (Lipinski definition) is 4. The number of methoxy groups -OCH3 is 1. The van der Waals surface area contributed by atoms with Crippen LogP contribution in [0.1, 0.15) is 30.1 Å². The molecule has 0 aliphatic carbocycles. The molecule has 1 heterocycles. The lowest BCUT2D eigenvalue weighted by atomic mass is 10.0. The van der Waals surface area contributed by atoms with Gasteiger partial charge in [-0.1, -0.05) is 0 Å². The maximum absolute atomic E-state index is 12.2. The van der Waals surface area contributed by atoms with Crippen molar-refractivity contribution in [1.82, 2.24) is 10.2 Å². The molecule has 0 atom stereocenters. The Morgan fingerprint density at radius 1 is 1.33 bits per heavy atom. The molecule has 21 heavy (non-hydrogen) atoms. The fraction of sp³-hybridized carbons (Fsp3) is 0.467. The van der Waals surface area contributed by atoms with E-state index < -0.39 is 0 Å². The average molecular weight is 291 g/mol. The van der Waals surface area contributed by atoms with E-state index in [-0.39, 0.29) is 17.9 Å². The predicted octanol–water partition coefficient (Wildman–Crippen LogP) is 1.02. The lowest BCUT2D eigenvalue weighted by Crippen LogP contribution is -2.46. The Kier molecular flexibility index (Phi) is 4.67. The zero-order chi connectivity index (χ0) is 15.4. The molecule has 0 unspecified atom stereocenters. The van der Waals surface area contributed by atoms with Gasteiger partial charge in [-0.25, -0.2) is 0 Å². The van der Waals surface area contributed by atoms with E-state index in [1.807, 2.05) is 0 Å².